The second kappa shape index (κ2) is 8.82. The van der Waals surface area contributed by atoms with Crippen LogP contribution in [0.4, 0.5) is 4.39 Å². The second-order valence-corrected chi connectivity index (χ2v) is 7.88. The van der Waals surface area contributed by atoms with Gasteiger partial charge in [-0.2, -0.15) is 0 Å². The second-order valence-electron chi connectivity index (χ2n) is 7.52. The van der Waals surface area contributed by atoms with Crippen molar-refractivity contribution in [3.05, 3.63) is 106 Å². The van der Waals surface area contributed by atoms with Gasteiger partial charge in [-0.05, 0) is 54.8 Å². The molecule has 31 heavy (non-hydrogen) atoms. The van der Waals surface area contributed by atoms with Gasteiger partial charge in [0, 0.05) is 36.4 Å². The van der Waals surface area contributed by atoms with Gasteiger partial charge in [-0.1, -0.05) is 41.9 Å². The minimum absolute atomic E-state index is 0.0164. The third kappa shape index (κ3) is 4.42. The summed E-state index contributed by atoms with van der Waals surface area (Å²) in [6, 6.07) is 15.6. The van der Waals surface area contributed by atoms with Crippen molar-refractivity contribution in [3.8, 4) is 0 Å². The molecule has 156 valence electrons. The number of aromatic nitrogens is 2. The largest absolute Gasteiger partial charge is 0.330 e. The van der Waals surface area contributed by atoms with E-state index in [4.69, 9.17) is 11.6 Å². The quantitative estimate of drug-likeness (QED) is 0.369. The van der Waals surface area contributed by atoms with E-state index in [-0.39, 0.29) is 18.7 Å². The van der Waals surface area contributed by atoms with Crippen LogP contribution in [-0.4, -0.2) is 20.8 Å². The Morgan fingerprint density at radius 3 is 2.61 bits per heavy atom. The summed E-state index contributed by atoms with van der Waals surface area (Å²) >= 11 is 6.52. The number of hydrogen-bond donors (Lipinski definition) is 0. The van der Waals surface area contributed by atoms with Crippen molar-refractivity contribution in [2.45, 2.75) is 26.9 Å². The van der Waals surface area contributed by atoms with Crippen molar-refractivity contribution in [2.75, 3.05) is 0 Å². The van der Waals surface area contributed by atoms with Crippen LogP contribution in [0.5, 0.6) is 0 Å². The number of nitrogens with zero attached hydrogens (tertiary/aromatic N) is 3. The molecule has 4 aromatic rings. The Kier molecular flexibility index (Phi) is 5.96. The first-order valence-corrected chi connectivity index (χ1v) is 10.3. The molecule has 4 rings (SSSR count). The average molecular weight is 434 g/mol. The van der Waals surface area contributed by atoms with Crippen LogP contribution >= 0.6 is 11.6 Å². The molecule has 0 N–H and O–H groups in total. The molecule has 0 aliphatic rings. The summed E-state index contributed by atoms with van der Waals surface area (Å²) in [7, 11) is 0. The monoisotopic (exact) mass is 433 g/mol. The highest BCUT2D eigenvalue weighted by Gasteiger charge is 2.21. The van der Waals surface area contributed by atoms with Crippen molar-refractivity contribution in [2.24, 2.45) is 0 Å². The molecule has 0 spiro atoms. The number of carbonyl (C=O) groups excluding carboxylic acids is 1. The van der Waals surface area contributed by atoms with Crippen LogP contribution in [0.3, 0.4) is 0 Å². The number of rotatable bonds is 5. The molecule has 0 saturated carbocycles. The van der Waals surface area contributed by atoms with Gasteiger partial charge < -0.3 is 4.90 Å². The van der Waals surface area contributed by atoms with E-state index in [1.165, 1.54) is 12.1 Å². The molecule has 6 heteroatoms. The van der Waals surface area contributed by atoms with E-state index in [0.29, 0.717) is 10.7 Å². The van der Waals surface area contributed by atoms with Crippen LogP contribution in [0.25, 0.3) is 10.9 Å². The van der Waals surface area contributed by atoms with E-state index < -0.39 is 11.7 Å². The third-order valence-corrected chi connectivity index (χ3v) is 5.71. The highest BCUT2D eigenvalue weighted by molar-refractivity contribution is 6.30. The number of fused-ring (bicyclic) bond motifs is 1. The van der Waals surface area contributed by atoms with Crippen molar-refractivity contribution >= 4 is 28.4 Å². The molecule has 0 radical (unpaired) electrons. The van der Waals surface area contributed by atoms with E-state index in [9.17, 15) is 9.18 Å². The van der Waals surface area contributed by atoms with Gasteiger partial charge >= 0.3 is 0 Å². The van der Waals surface area contributed by atoms with Crippen LogP contribution in [0.1, 0.15) is 32.6 Å². The molecule has 0 aliphatic carbocycles. The highest BCUT2D eigenvalue weighted by atomic mass is 35.5. The summed E-state index contributed by atoms with van der Waals surface area (Å²) in [5.74, 6) is -0.976. The van der Waals surface area contributed by atoms with Crippen LogP contribution in [0.15, 0.2) is 67.0 Å². The first-order chi connectivity index (χ1) is 14.9. The lowest BCUT2D eigenvalue weighted by molar-refractivity contribution is 0.0725. The van der Waals surface area contributed by atoms with E-state index in [1.807, 2.05) is 38.1 Å². The molecule has 2 aromatic carbocycles. The number of aryl methyl sites for hydroxylation is 2. The molecule has 0 saturated heterocycles. The predicted molar refractivity (Wildman–Crippen MR) is 120 cm³/mol. The van der Waals surface area contributed by atoms with E-state index in [0.717, 1.165) is 27.6 Å². The fourth-order valence-electron chi connectivity index (χ4n) is 3.54. The molecule has 0 aliphatic heterocycles. The lowest BCUT2D eigenvalue weighted by Gasteiger charge is -2.24. The number of benzene rings is 2. The number of amides is 1. The van der Waals surface area contributed by atoms with Gasteiger partial charge in [-0.15, -0.1) is 0 Å². The Bertz CT molecular complexity index is 1260. The first kappa shape index (κ1) is 20.9. The average Bonchev–Trinajstić information content (AvgIpc) is 2.77. The van der Waals surface area contributed by atoms with Crippen LogP contribution in [0, 0.1) is 19.7 Å². The van der Waals surface area contributed by atoms with E-state index >= 15 is 0 Å². The maximum absolute atomic E-state index is 14.3. The summed E-state index contributed by atoms with van der Waals surface area (Å²) in [5.41, 5.74) is 4.60. The smallest absolute Gasteiger partial charge is 0.257 e. The van der Waals surface area contributed by atoms with E-state index in [2.05, 4.69) is 9.97 Å². The zero-order valence-electron chi connectivity index (χ0n) is 17.3. The Balaban J connectivity index is 1.74. The predicted octanol–water partition coefficient (Wildman–Crippen LogP) is 5.88. The van der Waals surface area contributed by atoms with E-state index in [1.54, 1.807) is 35.5 Å². The van der Waals surface area contributed by atoms with Gasteiger partial charge in [-0.3, -0.25) is 9.78 Å². The first-order valence-electron chi connectivity index (χ1n) is 9.92. The Labute approximate surface area is 185 Å². The summed E-state index contributed by atoms with van der Waals surface area (Å²) in [5, 5.41) is 1.28. The van der Waals surface area contributed by atoms with Gasteiger partial charge in [0.1, 0.15) is 11.0 Å². The standard InChI is InChI=1S/C25H21ClFN3O/c1-16-9-10-19-12-20(24(26)29-23(19)17(16)2)15-30(14-18-6-5-11-28-13-18)25(31)21-7-3-4-8-22(21)27/h3-13H,14-15H2,1-2H3. The Morgan fingerprint density at radius 1 is 1.06 bits per heavy atom. The maximum atomic E-state index is 14.3. The Morgan fingerprint density at radius 2 is 1.87 bits per heavy atom. The molecule has 2 aromatic heterocycles. The number of pyridine rings is 2. The van der Waals surface area contributed by atoms with Gasteiger partial charge in [0.05, 0.1) is 11.1 Å². The van der Waals surface area contributed by atoms with Gasteiger partial charge in [0.25, 0.3) is 5.91 Å². The fraction of sp³-hybridized carbons (Fsp3) is 0.160. The summed E-state index contributed by atoms with van der Waals surface area (Å²) in [6.45, 7) is 4.50. The molecule has 0 atom stereocenters. The summed E-state index contributed by atoms with van der Waals surface area (Å²) in [4.78, 5) is 23.5. The molecular weight excluding hydrogens is 413 g/mol. The van der Waals surface area contributed by atoms with Crippen molar-refractivity contribution < 1.29 is 9.18 Å². The SMILES string of the molecule is Cc1ccc2cc(CN(Cc3cccnc3)C(=O)c3ccccc3F)c(Cl)nc2c1C. The minimum atomic E-state index is -0.558. The zero-order chi connectivity index (χ0) is 22.0. The third-order valence-electron chi connectivity index (χ3n) is 5.39. The highest BCUT2D eigenvalue weighted by Crippen LogP contribution is 2.27. The molecule has 2 heterocycles. The van der Waals surface area contributed by atoms with Crippen molar-refractivity contribution in [1.29, 1.82) is 0 Å². The number of halogens is 2. The van der Waals surface area contributed by atoms with Crippen LogP contribution in [0.2, 0.25) is 5.15 Å². The molecule has 1 amide bonds. The zero-order valence-corrected chi connectivity index (χ0v) is 18.0. The molecular formula is C25H21ClFN3O. The Hall–Kier alpha value is -3.31. The molecule has 0 fully saturated rings. The lowest BCUT2D eigenvalue weighted by Crippen LogP contribution is -2.31. The van der Waals surface area contributed by atoms with Gasteiger partial charge in [0.15, 0.2) is 0 Å². The summed E-state index contributed by atoms with van der Waals surface area (Å²) in [6.07, 6.45) is 3.36. The number of carbonyl (C=O) groups is 1. The van der Waals surface area contributed by atoms with Gasteiger partial charge in [-0.25, -0.2) is 9.37 Å². The molecule has 0 bridgehead atoms. The fourth-order valence-corrected chi connectivity index (χ4v) is 3.74. The lowest BCUT2D eigenvalue weighted by atomic mass is 10.0. The number of hydrogen-bond acceptors (Lipinski definition) is 3. The molecule has 4 nitrogen and oxygen atoms in total. The minimum Gasteiger partial charge on any atom is -0.330 e. The van der Waals surface area contributed by atoms with Gasteiger partial charge in [0.2, 0.25) is 0 Å². The normalized spacial score (nSPS) is 11.0. The van der Waals surface area contributed by atoms with Crippen molar-refractivity contribution in [1.82, 2.24) is 14.9 Å². The molecule has 0 unspecified atom stereocenters. The maximum Gasteiger partial charge on any atom is 0.257 e. The summed E-state index contributed by atoms with van der Waals surface area (Å²) < 4.78 is 14.3. The van der Waals surface area contributed by atoms with Crippen LogP contribution in [-0.2, 0) is 13.1 Å². The van der Waals surface area contributed by atoms with Crippen molar-refractivity contribution in [3.63, 3.8) is 0 Å². The topological polar surface area (TPSA) is 46.1 Å². The van der Waals surface area contributed by atoms with Crippen LogP contribution < -0.4 is 0 Å².